The van der Waals surface area contributed by atoms with E-state index in [0.717, 1.165) is 11.3 Å². The summed E-state index contributed by atoms with van der Waals surface area (Å²) in [6.45, 7) is 0.562. The van der Waals surface area contributed by atoms with Crippen LogP contribution in [0.5, 0.6) is 5.75 Å². The number of benzene rings is 3. The van der Waals surface area contributed by atoms with Gasteiger partial charge in [0, 0.05) is 33.1 Å². The third-order valence-electron chi connectivity index (χ3n) is 6.16. The molecule has 0 bridgehead atoms. The summed E-state index contributed by atoms with van der Waals surface area (Å²) in [7, 11) is 1.41. The molecular formula is C27H20ClFN2O4. The number of aromatic nitrogens is 1. The molecule has 176 valence electrons. The van der Waals surface area contributed by atoms with Crippen LogP contribution in [0.1, 0.15) is 37.7 Å². The molecule has 0 spiro atoms. The van der Waals surface area contributed by atoms with Crippen molar-refractivity contribution < 1.29 is 23.8 Å². The second-order valence-corrected chi connectivity index (χ2v) is 8.54. The molecule has 0 saturated carbocycles. The number of carbonyl (C=O) groups excluding carboxylic acids is 1. The van der Waals surface area contributed by atoms with Crippen LogP contribution in [-0.2, 0) is 13.1 Å². The van der Waals surface area contributed by atoms with E-state index in [-0.39, 0.29) is 39.7 Å². The van der Waals surface area contributed by atoms with Gasteiger partial charge in [-0.05, 0) is 35.9 Å². The summed E-state index contributed by atoms with van der Waals surface area (Å²) in [6.07, 6.45) is 0. The van der Waals surface area contributed by atoms with E-state index in [1.165, 1.54) is 31.4 Å². The van der Waals surface area contributed by atoms with Crippen molar-refractivity contribution in [2.75, 3.05) is 12.4 Å². The summed E-state index contributed by atoms with van der Waals surface area (Å²) in [5.41, 5.74) is 3.40. The Hall–Kier alpha value is -4.10. The Balaban J connectivity index is 1.62. The lowest BCUT2D eigenvalue weighted by Gasteiger charge is -2.14. The second kappa shape index (κ2) is 8.92. The van der Waals surface area contributed by atoms with Crippen LogP contribution in [-0.4, -0.2) is 28.5 Å². The van der Waals surface area contributed by atoms with Gasteiger partial charge in [0.05, 0.1) is 25.8 Å². The van der Waals surface area contributed by atoms with Crippen LogP contribution in [0.2, 0.25) is 5.02 Å². The molecule has 1 aromatic heterocycles. The number of hydrogen-bond donors (Lipinski definition) is 2. The van der Waals surface area contributed by atoms with E-state index < -0.39 is 17.6 Å². The highest BCUT2D eigenvalue weighted by Crippen LogP contribution is 2.37. The topological polar surface area (TPSA) is 80.6 Å². The Kier molecular flexibility index (Phi) is 5.78. The first-order valence-electron chi connectivity index (χ1n) is 10.8. The summed E-state index contributed by atoms with van der Waals surface area (Å²) < 4.78 is 21.5. The summed E-state index contributed by atoms with van der Waals surface area (Å²) >= 11 is 6.50. The number of methoxy groups -OCH3 is 1. The van der Waals surface area contributed by atoms with Gasteiger partial charge in [0.25, 0.3) is 0 Å². The molecule has 8 heteroatoms. The molecule has 35 heavy (non-hydrogen) atoms. The number of rotatable bonds is 5. The third kappa shape index (κ3) is 3.94. The smallest absolute Gasteiger partial charge is 0.352 e. The molecule has 0 radical (unpaired) electrons. The quantitative estimate of drug-likeness (QED) is 0.342. The molecule has 0 fully saturated rings. The summed E-state index contributed by atoms with van der Waals surface area (Å²) in [4.78, 5) is 25.8. The molecule has 2 N–H and O–H groups in total. The van der Waals surface area contributed by atoms with Crippen LogP contribution in [0.15, 0.2) is 66.7 Å². The number of nitrogens with zero attached hydrogens (tertiary/aromatic N) is 1. The zero-order valence-corrected chi connectivity index (χ0v) is 19.4. The molecule has 1 aliphatic heterocycles. The first-order valence-corrected chi connectivity index (χ1v) is 11.2. The number of carbonyl (C=O) groups is 2. The minimum absolute atomic E-state index is 0.00916. The third-order valence-corrected chi connectivity index (χ3v) is 6.47. The number of aromatic carboxylic acids is 1. The molecule has 0 amide bonds. The van der Waals surface area contributed by atoms with Gasteiger partial charge in [-0.1, -0.05) is 48.0 Å². The lowest BCUT2D eigenvalue weighted by atomic mass is 9.97. The lowest BCUT2D eigenvalue weighted by molar-refractivity contribution is 0.0685. The highest BCUT2D eigenvalue weighted by Gasteiger charge is 2.28. The van der Waals surface area contributed by atoms with Gasteiger partial charge < -0.3 is 19.7 Å². The number of ether oxygens (including phenoxy) is 1. The number of carboxylic acid groups (broad SMARTS) is 1. The number of para-hydroxylation sites is 1. The number of ketones is 1. The molecule has 5 rings (SSSR count). The fraction of sp³-hybridized carbons (Fsp3) is 0.111. The van der Waals surface area contributed by atoms with E-state index in [9.17, 15) is 19.1 Å². The van der Waals surface area contributed by atoms with Crippen LogP contribution in [0.3, 0.4) is 0 Å². The fourth-order valence-corrected chi connectivity index (χ4v) is 4.71. The average Bonchev–Trinajstić information content (AvgIpc) is 3.10. The van der Waals surface area contributed by atoms with Crippen molar-refractivity contribution in [3.63, 3.8) is 0 Å². The Morgan fingerprint density at radius 2 is 1.77 bits per heavy atom. The van der Waals surface area contributed by atoms with Gasteiger partial charge in [0.1, 0.15) is 17.3 Å². The zero-order chi connectivity index (χ0) is 24.7. The molecule has 6 nitrogen and oxygen atoms in total. The Morgan fingerprint density at radius 1 is 1.03 bits per heavy atom. The van der Waals surface area contributed by atoms with Crippen molar-refractivity contribution in [1.82, 2.24) is 4.57 Å². The van der Waals surface area contributed by atoms with Crippen molar-refractivity contribution in [2.45, 2.75) is 13.1 Å². The van der Waals surface area contributed by atoms with Gasteiger partial charge in [-0.2, -0.15) is 0 Å². The highest BCUT2D eigenvalue weighted by atomic mass is 35.5. The van der Waals surface area contributed by atoms with Gasteiger partial charge >= 0.3 is 5.97 Å². The molecule has 1 aliphatic rings. The summed E-state index contributed by atoms with van der Waals surface area (Å²) in [5, 5.41) is 13.3. The first-order chi connectivity index (χ1) is 16.9. The van der Waals surface area contributed by atoms with Crippen molar-refractivity contribution in [3.05, 3.63) is 106 Å². The monoisotopic (exact) mass is 490 g/mol. The molecule has 0 unspecified atom stereocenters. The largest absolute Gasteiger partial charge is 0.496 e. The van der Waals surface area contributed by atoms with Crippen molar-refractivity contribution in [2.24, 2.45) is 0 Å². The average molecular weight is 491 g/mol. The van der Waals surface area contributed by atoms with E-state index in [0.29, 0.717) is 17.8 Å². The predicted molar refractivity (Wildman–Crippen MR) is 131 cm³/mol. The lowest BCUT2D eigenvalue weighted by Crippen LogP contribution is -2.13. The van der Waals surface area contributed by atoms with E-state index in [4.69, 9.17) is 16.3 Å². The fourth-order valence-electron chi connectivity index (χ4n) is 4.44. The number of nitrogens with one attached hydrogen (secondary N) is 1. The van der Waals surface area contributed by atoms with Gasteiger partial charge in [0.15, 0.2) is 5.78 Å². The normalized spacial score (nSPS) is 12.2. The molecular weight excluding hydrogens is 471 g/mol. The molecule has 0 saturated heterocycles. The maximum atomic E-state index is 14.4. The molecule has 0 aliphatic carbocycles. The Bertz CT molecular complexity index is 1490. The SMILES string of the molecule is COc1cc(-c2ccccc2F)c(Cl)cc1C(=O)c1cc(C(=O)O)n2c1CNc1ccccc1C2. The van der Waals surface area contributed by atoms with Gasteiger partial charge in [-0.15, -0.1) is 0 Å². The number of anilines is 1. The summed E-state index contributed by atoms with van der Waals surface area (Å²) in [6, 6.07) is 18.1. The first kappa shape index (κ1) is 22.7. The number of halogens is 2. The van der Waals surface area contributed by atoms with Crippen LogP contribution in [0.4, 0.5) is 10.1 Å². The Morgan fingerprint density at radius 3 is 2.51 bits per heavy atom. The standard InChI is InChI=1S/C27H20ClFN2O4/c1-35-25-12-17(16-7-3-4-8-21(16)29)20(28)10-19(25)26(32)18-11-23(27(33)34)31-14-15-6-2-5-9-22(15)30-13-24(18)31/h2-12,30H,13-14H2,1H3,(H,33,34). The highest BCUT2D eigenvalue weighted by molar-refractivity contribution is 6.34. The molecule has 2 heterocycles. The van der Waals surface area contributed by atoms with Gasteiger partial charge in [-0.25, -0.2) is 9.18 Å². The number of hydrogen-bond acceptors (Lipinski definition) is 4. The van der Waals surface area contributed by atoms with Gasteiger partial charge in [-0.3, -0.25) is 4.79 Å². The molecule has 4 aromatic rings. The minimum atomic E-state index is -1.13. The van der Waals surface area contributed by atoms with Crippen molar-refractivity contribution >= 4 is 29.0 Å². The van der Waals surface area contributed by atoms with Crippen LogP contribution in [0.25, 0.3) is 11.1 Å². The maximum Gasteiger partial charge on any atom is 0.352 e. The zero-order valence-electron chi connectivity index (χ0n) is 18.6. The van der Waals surface area contributed by atoms with E-state index in [1.54, 1.807) is 22.8 Å². The van der Waals surface area contributed by atoms with E-state index >= 15 is 0 Å². The van der Waals surface area contributed by atoms with Crippen molar-refractivity contribution in [3.8, 4) is 16.9 Å². The predicted octanol–water partition coefficient (Wildman–Crippen LogP) is 5.86. The Labute approximate surface area is 205 Å². The second-order valence-electron chi connectivity index (χ2n) is 8.13. The van der Waals surface area contributed by atoms with E-state index in [2.05, 4.69) is 5.32 Å². The molecule has 0 atom stereocenters. The maximum absolute atomic E-state index is 14.4. The van der Waals surface area contributed by atoms with Crippen LogP contribution >= 0.6 is 11.6 Å². The number of carboxylic acids is 1. The van der Waals surface area contributed by atoms with E-state index in [1.807, 2.05) is 24.3 Å². The van der Waals surface area contributed by atoms with Crippen molar-refractivity contribution in [1.29, 1.82) is 0 Å². The van der Waals surface area contributed by atoms with Crippen LogP contribution in [0, 0.1) is 5.82 Å². The number of fused-ring (bicyclic) bond motifs is 2. The molecule has 3 aromatic carbocycles. The minimum Gasteiger partial charge on any atom is -0.496 e. The summed E-state index contributed by atoms with van der Waals surface area (Å²) in [5.74, 6) is -1.82. The van der Waals surface area contributed by atoms with Gasteiger partial charge in [0.2, 0.25) is 0 Å². The van der Waals surface area contributed by atoms with Crippen LogP contribution < -0.4 is 10.1 Å².